The summed E-state index contributed by atoms with van der Waals surface area (Å²) in [5, 5.41) is 7.67. The molecule has 1 aromatic heterocycles. The van der Waals surface area contributed by atoms with Crippen LogP contribution >= 0.6 is 11.3 Å². The summed E-state index contributed by atoms with van der Waals surface area (Å²) in [6.07, 6.45) is -4.03. The van der Waals surface area contributed by atoms with Crippen LogP contribution in [0.4, 0.5) is 13.2 Å². The lowest BCUT2D eigenvalue weighted by atomic mass is 10.2. The average molecular weight is 416 g/mol. The van der Waals surface area contributed by atoms with Crippen LogP contribution in [0, 0.1) is 0 Å². The summed E-state index contributed by atoms with van der Waals surface area (Å²) in [4.78, 5) is 8.11. The van der Waals surface area contributed by atoms with Gasteiger partial charge in [-0.25, -0.2) is 9.98 Å². The SMILES string of the molecule is CCNC(=NCc1ccc(OC)c(OC)c1)NCCc1nc(C(F)(F)F)cs1. The molecule has 0 aliphatic carbocycles. The number of methoxy groups -OCH3 is 2. The number of aromatic nitrogens is 1. The van der Waals surface area contributed by atoms with Crippen molar-refractivity contribution in [2.75, 3.05) is 27.3 Å². The first kappa shape index (κ1) is 21.8. The summed E-state index contributed by atoms with van der Waals surface area (Å²) in [5.41, 5.74) is 0.0890. The number of ether oxygens (including phenoxy) is 2. The van der Waals surface area contributed by atoms with Crippen LogP contribution in [0.3, 0.4) is 0 Å². The molecular weight excluding hydrogens is 393 g/mol. The molecule has 2 rings (SSSR count). The van der Waals surface area contributed by atoms with Gasteiger partial charge in [0.1, 0.15) is 0 Å². The fourth-order valence-corrected chi connectivity index (χ4v) is 3.14. The molecule has 2 N–H and O–H groups in total. The number of halogens is 3. The van der Waals surface area contributed by atoms with Crippen molar-refractivity contribution in [1.82, 2.24) is 15.6 Å². The number of nitrogens with zero attached hydrogens (tertiary/aromatic N) is 2. The van der Waals surface area contributed by atoms with Gasteiger partial charge in [-0.1, -0.05) is 6.07 Å². The molecule has 0 fully saturated rings. The number of alkyl halides is 3. The molecule has 0 saturated carbocycles. The third-order valence-corrected chi connectivity index (χ3v) is 4.59. The number of hydrogen-bond donors (Lipinski definition) is 2. The summed E-state index contributed by atoms with van der Waals surface area (Å²) in [6, 6.07) is 5.55. The lowest BCUT2D eigenvalue weighted by Crippen LogP contribution is -2.38. The second-order valence-electron chi connectivity index (χ2n) is 5.69. The van der Waals surface area contributed by atoms with E-state index >= 15 is 0 Å². The predicted molar refractivity (Wildman–Crippen MR) is 103 cm³/mol. The maximum atomic E-state index is 12.6. The summed E-state index contributed by atoms with van der Waals surface area (Å²) in [6.45, 7) is 3.42. The second-order valence-corrected chi connectivity index (χ2v) is 6.63. The lowest BCUT2D eigenvalue weighted by Gasteiger charge is -2.12. The topological polar surface area (TPSA) is 67.8 Å². The van der Waals surface area contributed by atoms with Crippen molar-refractivity contribution in [3.8, 4) is 11.5 Å². The molecule has 0 spiro atoms. The first-order chi connectivity index (χ1) is 13.4. The molecule has 0 amide bonds. The van der Waals surface area contributed by atoms with E-state index in [2.05, 4.69) is 20.6 Å². The minimum atomic E-state index is -4.40. The third-order valence-electron chi connectivity index (χ3n) is 3.69. The van der Waals surface area contributed by atoms with Gasteiger partial charge in [0.25, 0.3) is 0 Å². The van der Waals surface area contributed by atoms with Crippen molar-refractivity contribution in [2.45, 2.75) is 26.1 Å². The van der Waals surface area contributed by atoms with E-state index in [1.54, 1.807) is 14.2 Å². The van der Waals surface area contributed by atoms with Crippen LogP contribution in [0.25, 0.3) is 0 Å². The third kappa shape index (κ3) is 6.29. The molecule has 0 aliphatic rings. The van der Waals surface area contributed by atoms with Gasteiger partial charge in [-0.3, -0.25) is 0 Å². The minimum Gasteiger partial charge on any atom is -0.493 e. The quantitative estimate of drug-likeness (QED) is 0.510. The molecule has 0 saturated heterocycles. The molecule has 0 atom stereocenters. The average Bonchev–Trinajstić information content (AvgIpc) is 3.15. The Morgan fingerprint density at radius 3 is 2.54 bits per heavy atom. The molecule has 0 aliphatic heterocycles. The molecular formula is C18H23F3N4O2S. The Balaban J connectivity index is 1.94. The van der Waals surface area contributed by atoms with Crippen LogP contribution in [0.2, 0.25) is 0 Å². The van der Waals surface area contributed by atoms with E-state index in [9.17, 15) is 13.2 Å². The zero-order valence-electron chi connectivity index (χ0n) is 15.9. The van der Waals surface area contributed by atoms with Gasteiger partial charge in [0.15, 0.2) is 23.2 Å². The smallest absolute Gasteiger partial charge is 0.434 e. The van der Waals surface area contributed by atoms with Crippen molar-refractivity contribution in [1.29, 1.82) is 0 Å². The molecule has 2 aromatic rings. The summed E-state index contributed by atoms with van der Waals surface area (Å²) in [5.74, 6) is 1.84. The van der Waals surface area contributed by atoms with Crippen LogP contribution in [-0.2, 0) is 19.1 Å². The monoisotopic (exact) mass is 416 g/mol. The predicted octanol–water partition coefficient (Wildman–Crippen LogP) is 3.48. The fourth-order valence-electron chi connectivity index (χ4n) is 2.33. The highest BCUT2D eigenvalue weighted by atomic mass is 32.1. The summed E-state index contributed by atoms with van der Waals surface area (Å²) < 4.78 is 48.3. The molecule has 154 valence electrons. The van der Waals surface area contributed by atoms with E-state index in [4.69, 9.17) is 9.47 Å². The van der Waals surface area contributed by atoms with Crippen molar-refractivity contribution in [2.24, 2.45) is 4.99 Å². The Bertz CT molecular complexity index is 793. The van der Waals surface area contributed by atoms with Crippen LogP contribution in [0.5, 0.6) is 11.5 Å². The molecule has 1 heterocycles. The van der Waals surface area contributed by atoms with Crippen molar-refractivity contribution < 1.29 is 22.6 Å². The maximum absolute atomic E-state index is 12.6. The molecule has 10 heteroatoms. The first-order valence-electron chi connectivity index (χ1n) is 8.62. The molecule has 0 radical (unpaired) electrons. The molecule has 28 heavy (non-hydrogen) atoms. The Hall–Kier alpha value is -2.49. The van der Waals surface area contributed by atoms with Gasteiger partial charge in [0.05, 0.1) is 25.8 Å². The van der Waals surface area contributed by atoms with Crippen LogP contribution in [0.15, 0.2) is 28.6 Å². The van der Waals surface area contributed by atoms with Crippen molar-refractivity contribution >= 4 is 17.3 Å². The van der Waals surface area contributed by atoms with Gasteiger partial charge in [0, 0.05) is 24.9 Å². The molecule has 1 aromatic carbocycles. The van der Waals surface area contributed by atoms with Crippen molar-refractivity contribution in [3.63, 3.8) is 0 Å². The van der Waals surface area contributed by atoms with E-state index in [-0.39, 0.29) is 0 Å². The Kier molecular flexibility index (Phi) is 7.91. The lowest BCUT2D eigenvalue weighted by molar-refractivity contribution is -0.140. The Morgan fingerprint density at radius 1 is 1.18 bits per heavy atom. The zero-order chi connectivity index (χ0) is 20.6. The van der Waals surface area contributed by atoms with Gasteiger partial charge in [-0.2, -0.15) is 13.2 Å². The molecule has 0 unspecified atom stereocenters. The molecule has 0 bridgehead atoms. The van der Waals surface area contributed by atoms with E-state index in [0.29, 0.717) is 48.5 Å². The highest BCUT2D eigenvalue weighted by Gasteiger charge is 2.33. The van der Waals surface area contributed by atoms with Gasteiger partial charge in [-0.15, -0.1) is 11.3 Å². The van der Waals surface area contributed by atoms with E-state index < -0.39 is 11.9 Å². The van der Waals surface area contributed by atoms with Crippen LogP contribution in [-0.4, -0.2) is 38.3 Å². The molecule has 6 nitrogen and oxygen atoms in total. The minimum absolute atomic E-state index is 0.377. The van der Waals surface area contributed by atoms with E-state index in [1.165, 1.54) is 0 Å². The zero-order valence-corrected chi connectivity index (χ0v) is 16.7. The standard InChI is InChI=1S/C18H23F3N4O2S/c1-4-22-17(23-8-7-16-25-15(11-28-16)18(19,20)21)24-10-12-5-6-13(26-2)14(9-12)27-3/h5-6,9,11H,4,7-8,10H2,1-3H3,(H2,22,23,24). The van der Waals surface area contributed by atoms with Gasteiger partial charge < -0.3 is 20.1 Å². The highest BCUT2D eigenvalue weighted by Crippen LogP contribution is 2.30. The van der Waals surface area contributed by atoms with Crippen molar-refractivity contribution in [3.05, 3.63) is 39.8 Å². The van der Waals surface area contributed by atoms with Crippen LogP contribution in [0.1, 0.15) is 23.2 Å². The number of hydrogen-bond acceptors (Lipinski definition) is 5. The Morgan fingerprint density at radius 2 is 1.93 bits per heavy atom. The summed E-state index contributed by atoms with van der Waals surface area (Å²) in [7, 11) is 3.14. The number of guanidine groups is 1. The van der Waals surface area contributed by atoms with Gasteiger partial charge in [0.2, 0.25) is 0 Å². The van der Waals surface area contributed by atoms with Gasteiger partial charge in [-0.05, 0) is 24.6 Å². The normalized spacial score (nSPS) is 12.0. The highest BCUT2D eigenvalue weighted by molar-refractivity contribution is 7.09. The fraction of sp³-hybridized carbons (Fsp3) is 0.444. The number of aliphatic imine (C=N–C) groups is 1. The van der Waals surface area contributed by atoms with Gasteiger partial charge >= 0.3 is 6.18 Å². The second kappa shape index (κ2) is 10.2. The first-order valence-corrected chi connectivity index (χ1v) is 9.50. The maximum Gasteiger partial charge on any atom is 0.434 e. The largest absolute Gasteiger partial charge is 0.493 e. The Labute approximate surface area is 165 Å². The summed E-state index contributed by atoms with van der Waals surface area (Å²) >= 11 is 1.00. The van der Waals surface area contributed by atoms with Crippen LogP contribution < -0.4 is 20.1 Å². The van der Waals surface area contributed by atoms with E-state index in [1.807, 2.05) is 25.1 Å². The number of benzene rings is 1. The number of thiazole rings is 1. The number of nitrogens with one attached hydrogen (secondary N) is 2. The van der Waals surface area contributed by atoms with E-state index in [0.717, 1.165) is 22.3 Å². The number of rotatable bonds is 8.